The molecule has 1 aliphatic carbocycles. The zero-order chi connectivity index (χ0) is 19.7. The number of carbonyl (C=O) groups excluding carboxylic acids is 1. The molecule has 1 amide bonds. The zero-order valence-electron chi connectivity index (χ0n) is 14.7. The maximum Gasteiger partial charge on any atom is 0.265 e. The van der Waals surface area contributed by atoms with E-state index in [-0.39, 0.29) is 30.6 Å². The van der Waals surface area contributed by atoms with Crippen LogP contribution in [-0.2, 0) is 19.6 Å². The number of para-hydroxylation sites is 1. The van der Waals surface area contributed by atoms with Crippen LogP contribution in [0.4, 0.5) is 8.78 Å². The number of methoxy groups -OCH3 is 1. The normalized spacial score (nSPS) is 23.5. The van der Waals surface area contributed by atoms with Crippen LogP contribution in [0.2, 0.25) is 0 Å². The molecule has 9 heteroatoms. The van der Waals surface area contributed by atoms with E-state index in [1.807, 2.05) is 4.72 Å². The average molecular weight is 398 g/mol. The van der Waals surface area contributed by atoms with Crippen molar-refractivity contribution in [1.82, 2.24) is 9.71 Å². The van der Waals surface area contributed by atoms with E-state index in [2.05, 4.69) is 4.98 Å². The van der Waals surface area contributed by atoms with Gasteiger partial charge in [-0.2, -0.15) is 0 Å². The number of ether oxygens (including phenoxy) is 1. The predicted molar refractivity (Wildman–Crippen MR) is 94.8 cm³/mol. The maximum absolute atomic E-state index is 12.9. The van der Waals surface area contributed by atoms with Gasteiger partial charge in [0.25, 0.3) is 15.9 Å². The molecule has 1 aliphatic rings. The number of fused-ring (bicyclic) bond motifs is 1. The number of aromatic nitrogens is 1. The van der Waals surface area contributed by atoms with Crippen LogP contribution in [0.25, 0.3) is 10.9 Å². The van der Waals surface area contributed by atoms with Crippen molar-refractivity contribution in [3.63, 3.8) is 0 Å². The monoisotopic (exact) mass is 398 g/mol. The van der Waals surface area contributed by atoms with E-state index >= 15 is 0 Å². The molecule has 0 unspecified atom stereocenters. The van der Waals surface area contributed by atoms with Gasteiger partial charge in [0.2, 0.25) is 6.43 Å². The fraction of sp³-hybridized carbons (Fsp3) is 0.444. The number of pyridine rings is 1. The summed E-state index contributed by atoms with van der Waals surface area (Å²) in [6.45, 7) is 0. The van der Waals surface area contributed by atoms with Gasteiger partial charge in [-0.25, -0.2) is 21.9 Å². The molecule has 1 N–H and O–H groups in total. The van der Waals surface area contributed by atoms with Crippen molar-refractivity contribution < 1.29 is 26.7 Å². The number of amides is 1. The Kier molecular flexibility index (Phi) is 5.43. The summed E-state index contributed by atoms with van der Waals surface area (Å²) in [5.74, 6) is -1.65. The van der Waals surface area contributed by atoms with Crippen LogP contribution in [0.15, 0.2) is 41.4 Å². The predicted octanol–water partition coefficient (Wildman–Crippen LogP) is 2.88. The van der Waals surface area contributed by atoms with E-state index < -0.39 is 33.9 Å². The number of sulfonamides is 1. The van der Waals surface area contributed by atoms with Gasteiger partial charge in [0.15, 0.2) is 0 Å². The molecule has 0 radical (unpaired) electrons. The highest BCUT2D eigenvalue weighted by Gasteiger charge is 2.45. The summed E-state index contributed by atoms with van der Waals surface area (Å²) in [5.41, 5.74) is -0.801. The Labute approximate surface area is 156 Å². The van der Waals surface area contributed by atoms with Gasteiger partial charge in [0.1, 0.15) is 10.5 Å². The third kappa shape index (κ3) is 3.93. The van der Waals surface area contributed by atoms with E-state index in [9.17, 15) is 22.0 Å². The van der Waals surface area contributed by atoms with E-state index in [1.54, 1.807) is 24.3 Å². The summed E-state index contributed by atoms with van der Waals surface area (Å²) in [7, 11) is -2.88. The van der Waals surface area contributed by atoms with Crippen molar-refractivity contribution in [2.24, 2.45) is 5.92 Å². The molecular formula is C18H20F2N2O4S. The van der Waals surface area contributed by atoms with Crippen LogP contribution in [-0.4, -0.2) is 38.4 Å². The molecular weight excluding hydrogens is 378 g/mol. The van der Waals surface area contributed by atoms with E-state index in [0.717, 1.165) is 0 Å². The minimum absolute atomic E-state index is 0.0375. The van der Waals surface area contributed by atoms with Crippen molar-refractivity contribution in [2.75, 3.05) is 7.11 Å². The van der Waals surface area contributed by atoms with E-state index in [0.29, 0.717) is 10.9 Å². The lowest BCUT2D eigenvalue weighted by atomic mass is 9.78. The standard InChI is InChI=1S/C18H20F2N2O4S/c1-26-18(8-6-12(7-9-18)16(19)20)17(23)22-27(24,25)14-10-13-4-2-3-5-15(13)21-11-14/h2-5,10-12,16H,6-9H2,1H3,(H,22,23). The first-order chi connectivity index (χ1) is 12.8. The van der Waals surface area contributed by atoms with Gasteiger partial charge in [-0.3, -0.25) is 9.78 Å². The van der Waals surface area contributed by atoms with Gasteiger partial charge < -0.3 is 4.74 Å². The van der Waals surface area contributed by atoms with Gasteiger partial charge in [-0.1, -0.05) is 18.2 Å². The molecule has 0 aliphatic heterocycles. The molecule has 1 saturated carbocycles. The maximum atomic E-state index is 12.9. The Morgan fingerprint density at radius 1 is 1.30 bits per heavy atom. The second kappa shape index (κ2) is 7.47. The molecule has 1 fully saturated rings. The van der Waals surface area contributed by atoms with Crippen molar-refractivity contribution >= 4 is 26.8 Å². The molecule has 146 valence electrons. The number of carbonyl (C=O) groups is 1. The first-order valence-electron chi connectivity index (χ1n) is 8.53. The van der Waals surface area contributed by atoms with Crippen LogP contribution < -0.4 is 4.72 Å². The second-order valence-electron chi connectivity index (χ2n) is 6.67. The number of hydrogen-bond donors (Lipinski definition) is 1. The van der Waals surface area contributed by atoms with Gasteiger partial charge >= 0.3 is 0 Å². The molecule has 0 atom stereocenters. The minimum atomic E-state index is -4.17. The van der Waals surface area contributed by atoms with Gasteiger partial charge in [-0.05, 0) is 37.8 Å². The van der Waals surface area contributed by atoms with Crippen molar-refractivity contribution in [3.8, 4) is 0 Å². The molecule has 0 saturated heterocycles. The topological polar surface area (TPSA) is 85.4 Å². The first kappa shape index (κ1) is 19.6. The Morgan fingerprint density at radius 3 is 2.59 bits per heavy atom. The Morgan fingerprint density at radius 2 is 1.96 bits per heavy atom. The molecule has 3 rings (SSSR count). The smallest absolute Gasteiger partial charge is 0.265 e. The number of nitrogens with one attached hydrogen (secondary N) is 1. The van der Waals surface area contributed by atoms with Crippen LogP contribution in [0.1, 0.15) is 25.7 Å². The molecule has 27 heavy (non-hydrogen) atoms. The van der Waals surface area contributed by atoms with Crippen LogP contribution in [0.5, 0.6) is 0 Å². The summed E-state index contributed by atoms with van der Waals surface area (Å²) >= 11 is 0. The Hall–Kier alpha value is -2.13. The number of benzene rings is 1. The molecule has 2 aromatic rings. The highest BCUT2D eigenvalue weighted by molar-refractivity contribution is 7.90. The third-order valence-electron chi connectivity index (χ3n) is 5.10. The van der Waals surface area contributed by atoms with E-state index in [4.69, 9.17) is 4.74 Å². The second-order valence-corrected chi connectivity index (χ2v) is 8.35. The number of rotatable bonds is 5. The van der Waals surface area contributed by atoms with Crippen molar-refractivity contribution in [1.29, 1.82) is 0 Å². The highest BCUT2D eigenvalue weighted by atomic mass is 32.2. The van der Waals surface area contributed by atoms with Gasteiger partial charge in [0, 0.05) is 24.6 Å². The highest BCUT2D eigenvalue weighted by Crippen LogP contribution is 2.37. The molecule has 0 spiro atoms. The lowest BCUT2D eigenvalue weighted by Gasteiger charge is -2.37. The van der Waals surface area contributed by atoms with Crippen LogP contribution in [0, 0.1) is 5.92 Å². The van der Waals surface area contributed by atoms with Gasteiger partial charge in [0.05, 0.1) is 5.52 Å². The minimum Gasteiger partial charge on any atom is -0.368 e. The first-order valence-corrected chi connectivity index (χ1v) is 10.0. The Balaban J connectivity index is 1.80. The number of halogens is 2. The fourth-order valence-electron chi connectivity index (χ4n) is 3.35. The SMILES string of the molecule is COC1(C(=O)NS(=O)(=O)c2cnc3ccccc3c2)CCC(C(F)F)CC1. The fourth-order valence-corrected chi connectivity index (χ4v) is 4.38. The number of hydrogen-bond acceptors (Lipinski definition) is 5. The van der Waals surface area contributed by atoms with Crippen LogP contribution in [0.3, 0.4) is 0 Å². The molecule has 0 bridgehead atoms. The summed E-state index contributed by atoms with van der Waals surface area (Å²) in [6.07, 6.45) is -1.03. The summed E-state index contributed by atoms with van der Waals surface area (Å²) in [6, 6.07) is 8.41. The summed E-state index contributed by atoms with van der Waals surface area (Å²) in [5, 5.41) is 0.617. The molecule has 1 aromatic carbocycles. The zero-order valence-corrected chi connectivity index (χ0v) is 15.5. The van der Waals surface area contributed by atoms with Crippen molar-refractivity contribution in [2.45, 2.75) is 42.6 Å². The summed E-state index contributed by atoms with van der Waals surface area (Å²) in [4.78, 5) is 16.6. The molecule has 1 heterocycles. The average Bonchev–Trinajstić information content (AvgIpc) is 2.67. The van der Waals surface area contributed by atoms with Crippen molar-refractivity contribution in [3.05, 3.63) is 36.5 Å². The van der Waals surface area contributed by atoms with E-state index in [1.165, 1.54) is 19.4 Å². The largest absolute Gasteiger partial charge is 0.368 e. The third-order valence-corrected chi connectivity index (χ3v) is 6.40. The number of alkyl halides is 2. The quantitative estimate of drug-likeness (QED) is 0.837. The lowest BCUT2D eigenvalue weighted by Crippen LogP contribution is -2.52. The molecule has 1 aromatic heterocycles. The Bertz CT molecular complexity index is 941. The van der Waals surface area contributed by atoms with Gasteiger partial charge in [-0.15, -0.1) is 0 Å². The lowest BCUT2D eigenvalue weighted by molar-refractivity contribution is -0.148. The number of nitrogens with zero attached hydrogens (tertiary/aromatic N) is 1. The molecule has 6 nitrogen and oxygen atoms in total. The van der Waals surface area contributed by atoms with Crippen LogP contribution >= 0.6 is 0 Å². The summed E-state index contributed by atoms with van der Waals surface area (Å²) < 4.78 is 58.2.